The SMILES string of the molecule is CN1CCC(NC(=S)NCc2ccc(Cl)cc2)CC1. The standard InChI is InChI=1S/C14H20ClN3S/c1-18-8-6-13(7-9-18)17-14(19)16-10-11-2-4-12(15)5-3-11/h2-5,13H,6-10H2,1H3,(H2,16,17,19). The second-order valence-corrected chi connectivity index (χ2v) is 5.88. The zero-order valence-electron chi connectivity index (χ0n) is 11.2. The average Bonchev–Trinajstić information content (AvgIpc) is 2.41. The van der Waals surface area contributed by atoms with Crippen LogP contribution in [0.2, 0.25) is 5.02 Å². The van der Waals surface area contributed by atoms with Crippen LogP contribution >= 0.6 is 23.8 Å². The van der Waals surface area contributed by atoms with Crippen LogP contribution in [-0.2, 0) is 6.54 Å². The van der Waals surface area contributed by atoms with Crippen LogP contribution in [0.1, 0.15) is 18.4 Å². The number of nitrogens with one attached hydrogen (secondary N) is 2. The zero-order valence-corrected chi connectivity index (χ0v) is 12.7. The van der Waals surface area contributed by atoms with Crippen LogP contribution in [0.25, 0.3) is 0 Å². The number of likely N-dealkylation sites (tertiary alicyclic amines) is 1. The third-order valence-corrected chi connectivity index (χ3v) is 3.93. The molecule has 0 atom stereocenters. The van der Waals surface area contributed by atoms with Crippen molar-refractivity contribution in [3.63, 3.8) is 0 Å². The number of hydrogen-bond donors (Lipinski definition) is 2. The fraction of sp³-hybridized carbons (Fsp3) is 0.500. The molecule has 0 radical (unpaired) electrons. The first-order valence-electron chi connectivity index (χ1n) is 6.61. The van der Waals surface area contributed by atoms with Gasteiger partial charge < -0.3 is 15.5 Å². The number of halogens is 1. The Bertz CT molecular complexity index is 413. The fourth-order valence-electron chi connectivity index (χ4n) is 2.17. The van der Waals surface area contributed by atoms with Crippen molar-refractivity contribution in [3.05, 3.63) is 34.9 Å². The molecule has 2 rings (SSSR count). The predicted molar refractivity (Wildman–Crippen MR) is 84.5 cm³/mol. The van der Waals surface area contributed by atoms with Crippen LogP contribution in [0, 0.1) is 0 Å². The molecule has 1 fully saturated rings. The van der Waals surface area contributed by atoms with E-state index in [1.54, 1.807) is 0 Å². The lowest BCUT2D eigenvalue weighted by atomic mass is 10.1. The summed E-state index contributed by atoms with van der Waals surface area (Å²) < 4.78 is 0. The van der Waals surface area contributed by atoms with Gasteiger partial charge in [-0.1, -0.05) is 23.7 Å². The van der Waals surface area contributed by atoms with Crippen molar-refractivity contribution < 1.29 is 0 Å². The molecule has 3 nitrogen and oxygen atoms in total. The molecule has 0 amide bonds. The number of thiocarbonyl (C=S) groups is 1. The van der Waals surface area contributed by atoms with Crippen LogP contribution in [0.5, 0.6) is 0 Å². The van der Waals surface area contributed by atoms with Crippen molar-refractivity contribution in [1.29, 1.82) is 0 Å². The van der Waals surface area contributed by atoms with Gasteiger partial charge in [-0.05, 0) is 62.9 Å². The first-order chi connectivity index (χ1) is 9.13. The Labute approximate surface area is 125 Å². The van der Waals surface area contributed by atoms with E-state index in [2.05, 4.69) is 22.6 Å². The second kappa shape index (κ2) is 7.08. The molecule has 0 bridgehead atoms. The number of piperidine rings is 1. The van der Waals surface area contributed by atoms with E-state index in [0.717, 1.165) is 42.6 Å². The Morgan fingerprint density at radius 1 is 1.32 bits per heavy atom. The van der Waals surface area contributed by atoms with Crippen LogP contribution in [-0.4, -0.2) is 36.2 Å². The van der Waals surface area contributed by atoms with Gasteiger partial charge >= 0.3 is 0 Å². The van der Waals surface area contributed by atoms with Crippen molar-refractivity contribution in [2.24, 2.45) is 0 Å². The third-order valence-electron chi connectivity index (χ3n) is 3.42. The Morgan fingerprint density at radius 3 is 2.58 bits per heavy atom. The molecule has 1 aromatic rings. The lowest BCUT2D eigenvalue weighted by Crippen LogP contribution is -2.46. The van der Waals surface area contributed by atoms with E-state index in [0.29, 0.717) is 6.04 Å². The van der Waals surface area contributed by atoms with Gasteiger partial charge in [-0.3, -0.25) is 0 Å². The highest BCUT2D eigenvalue weighted by Crippen LogP contribution is 2.10. The van der Waals surface area contributed by atoms with Crippen LogP contribution in [0.3, 0.4) is 0 Å². The minimum Gasteiger partial charge on any atom is -0.360 e. The Kier molecular flexibility index (Phi) is 5.43. The smallest absolute Gasteiger partial charge is 0.166 e. The zero-order chi connectivity index (χ0) is 13.7. The summed E-state index contributed by atoms with van der Waals surface area (Å²) in [5.41, 5.74) is 1.18. The van der Waals surface area contributed by atoms with Crippen molar-refractivity contribution in [1.82, 2.24) is 15.5 Å². The molecule has 1 aromatic carbocycles. The number of nitrogens with zero attached hydrogens (tertiary/aromatic N) is 1. The molecule has 1 aliphatic heterocycles. The Morgan fingerprint density at radius 2 is 1.95 bits per heavy atom. The summed E-state index contributed by atoms with van der Waals surface area (Å²) in [7, 11) is 2.16. The van der Waals surface area contributed by atoms with Crippen molar-refractivity contribution in [2.75, 3.05) is 20.1 Å². The molecular formula is C14H20ClN3S. The topological polar surface area (TPSA) is 27.3 Å². The summed E-state index contributed by atoms with van der Waals surface area (Å²) in [6, 6.07) is 8.31. The molecule has 104 valence electrons. The van der Waals surface area contributed by atoms with E-state index in [1.807, 2.05) is 24.3 Å². The summed E-state index contributed by atoms with van der Waals surface area (Å²) >= 11 is 11.2. The lowest BCUT2D eigenvalue weighted by molar-refractivity contribution is 0.246. The highest BCUT2D eigenvalue weighted by atomic mass is 35.5. The van der Waals surface area contributed by atoms with E-state index in [-0.39, 0.29) is 0 Å². The maximum atomic E-state index is 5.85. The molecule has 19 heavy (non-hydrogen) atoms. The second-order valence-electron chi connectivity index (χ2n) is 5.03. The monoisotopic (exact) mass is 297 g/mol. The predicted octanol–water partition coefficient (Wildman–Crippen LogP) is 2.40. The number of rotatable bonds is 3. The first-order valence-corrected chi connectivity index (χ1v) is 7.39. The highest BCUT2D eigenvalue weighted by Gasteiger charge is 2.16. The maximum absolute atomic E-state index is 5.85. The average molecular weight is 298 g/mol. The van der Waals surface area contributed by atoms with Crippen LogP contribution < -0.4 is 10.6 Å². The minimum absolute atomic E-state index is 0.501. The molecule has 1 saturated heterocycles. The van der Waals surface area contributed by atoms with E-state index in [4.69, 9.17) is 23.8 Å². The first kappa shape index (κ1) is 14.6. The van der Waals surface area contributed by atoms with Crippen LogP contribution in [0.4, 0.5) is 0 Å². The summed E-state index contributed by atoms with van der Waals surface area (Å²) in [5, 5.41) is 8.13. The van der Waals surface area contributed by atoms with E-state index in [9.17, 15) is 0 Å². The number of benzene rings is 1. The van der Waals surface area contributed by atoms with Gasteiger partial charge in [0.25, 0.3) is 0 Å². The fourth-order valence-corrected chi connectivity index (χ4v) is 2.54. The minimum atomic E-state index is 0.501. The van der Waals surface area contributed by atoms with E-state index in [1.165, 1.54) is 5.56 Å². The normalized spacial score (nSPS) is 17.2. The van der Waals surface area contributed by atoms with Gasteiger partial charge in [-0.2, -0.15) is 0 Å². The summed E-state index contributed by atoms with van der Waals surface area (Å²) in [6.45, 7) is 3.00. The van der Waals surface area contributed by atoms with Gasteiger partial charge in [0.05, 0.1) is 0 Å². The van der Waals surface area contributed by atoms with Gasteiger partial charge in [-0.15, -0.1) is 0 Å². The molecule has 2 N–H and O–H groups in total. The van der Waals surface area contributed by atoms with Gasteiger partial charge in [-0.25, -0.2) is 0 Å². The third kappa shape index (κ3) is 4.97. The molecule has 1 heterocycles. The summed E-state index contributed by atoms with van der Waals surface area (Å²) in [4.78, 5) is 2.35. The lowest BCUT2D eigenvalue weighted by Gasteiger charge is -2.30. The Hall–Kier alpha value is -0.840. The largest absolute Gasteiger partial charge is 0.360 e. The molecule has 0 aromatic heterocycles. The quantitative estimate of drug-likeness (QED) is 0.838. The van der Waals surface area contributed by atoms with E-state index >= 15 is 0 Å². The molecule has 0 unspecified atom stereocenters. The summed E-state index contributed by atoms with van der Waals surface area (Å²) in [5.74, 6) is 0. The van der Waals surface area contributed by atoms with E-state index < -0.39 is 0 Å². The molecular weight excluding hydrogens is 278 g/mol. The summed E-state index contributed by atoms with van der Waals surface area (Å²) in [6.07, 6.45) is 2.30. The van der Waals surface area contributed by atoms with Gasteiger partial charge in [0.15, 0.2) is 5.11 Å². The van der Waals surface area contributed by atoms with Crippen molar-refractivity contribution in [3.8, 4) is 0 Å². The van der Waals surface area contributed by atoms with Crippen LogP contribution in [0.15, 0.2) is 24.3 Å². The molecule has 0 spiro atoms. The molecule has 1 aliphatic rings. The van der Waals surface area contributed by atoms with Gasteiger partial charge in [0.1, 0.15) is 0 Å². The highest BCUT2D eigenvalue weighted by molar-refractivity contribution is 7.80. The Balaban J connectivity index is 1.71. The molecule has 0 saturated carbocycles. The molecule has 0 aliphatic carbocycles. The molecule has 5 heteroatoms. The van der Waals surface area contributed by atoms with Crippen molar-refractivity contribution >= 4 is 28.9 Å². The van der Waals surface area contributed by atoms with Crippen molar-refractivity contribution in [2.45, 2.75) is 25.4 Å². The van der Waals surface area contributed by atoms with Gasteiger partial charge in [0, 0.05) is 17.6 Å². The van der Waals surface area contributed by atoms with Gasteiger partial charge in [0.2, 0.25) is 0 Å². The maximum Gasteiger partial charge on any atom is 0.166 e. The number of hydrogen-bond acceptors (Lipinski definition) is 2.